The number of nitrogens with zero attached hydrogens (tertiary/aromatic N) is 1. The molecule has 2 N–H and O–H groups in total. The summed E-state index contributed by atoms with van der Waals surface area (Å²) in [6.45, 7) is 0.346. The molecule has 0 fully saturated rings. The van der Waals surface area contributed by atoms with Gasteiger partial charge in [0.2, 0.25) is 0 Å². The van der Waals surface area contributed by atoms with Crippen LogP contribution in [0.1, 0.15) is 5.56 Å². The zero-order chi connectivity index (χ0) is 13.8. The minimum absolute atomic E-state index is 0.0482. The predicted octanol–water partition coefficient (Wildman–Crippen LogP) is 2.36. The number of hydrogen-bond acceptors (Lipinski definition) is 3. The van der Waals surface area contributed by atoms with Crippen molar-refractivity contribution in [1.82, 2.24) is 9.97 Å². The van der Waals surface area contributed by atoms with Crippen LogP contribution >= 0.6 is 11.6 Å². The van der Waals surface area contributed by atoms with Gasteiger partial charge in [0, 0.05) is 12.6 Å². The third-order valence-electron chi connectivity index (χ3n) is 2.43. The Balaban J connectivity index is 2.00. The smallest absolute Gasteiger partial charge is 0.271 e. The topological polar surface area (TPSA) is 57.8 Å². The van der Waals surface area contributed by atoms with Crippen LogP contribution in [0.15, 0.2) is 29.3 Å². The molecule has 19 heavy (non-hydrogen) atoms. The maximum absolute atomic E-state index is 13.0. The van der Waals surface area contributed by atoms with E-state index in [4.69, 9.17) is 11.6 Å². The highest BCUT2D eigenvalue weighted by atomic mass is 35.5. The zero-order valence-corrected chi connectivity index (χ0v) is 10.5. The normalized spacial score (nSPS) is 10.5. The number of hydrogen-bond donors (Lipinski definition) is 2. The lowest BCUT2D eigenvalue weighted by Gasteiger charge is -2.06. The lowest BCUT2D eigenvalue weighted by Crippen LogP contribution is -2.13. The molecule has 0 aliphatic carbocycles. The van der Waals surface area contributed by atoms with Gasteiger partial charge in [-0.3, -0.25) is 4.79 Å². The molecule has 7 heteroatoms. The van der Waals surface area contributed by atoms with Gasteiger partial charge in [0.15, 0.2) is 5.82 Å². The van der Waals surface area contributed by atoms with E-state index in [1.165, 1.54) is 18.5 Å². The molecule has 1 aromatic heterocycles. The van der Waals surface area contributed by atoms with Crippen LogP contribution in [0.2, 0.25) is 5.02 Å². The molecule has 0 bridgehead atoms. The molecule has 0 unspecified atom stereocenters. The molecule has 2 aromatic rings. The summed E-state index contributed by atoms with van der Waals surface area (Å²) >= 11 is 5.74. The van der Waals surface area contributed by atoms with Crippen molar-refractivity contribution in [3.63, 3.8) is 0 Å². The van der Waals surface area contributed by atoms with Crippen LogP contribution in [0.5, 0.6) is 0 Å². The van der Waals surface area contributed by atoms with E-state index in [2.05, 4.69) is 15.3 Å². The molecular weight excluding hydrogens is 276 g/mol. The Morgan fingerprint density at radius 1 is 1.26 bits per heavy atom. The summed E-state index contributed by atoms with van der Waals surface area (Å²) in [5.41, 5.74) is 0.0573. The van der Waals surface area contributed by atoms with Crippen molar-refractivity contribution < 1.29 is 8.78 Å². The quantitative estimate of drug-likeness (QED) is 0.907. The average molecular weight is 286 g/mol. The Kier molecular flexibility index (Phi) is 4.11. The Morgan fingerprint density at radius 3 is 2.63 bits per heavy atom. The number of benzene rings is 1. The van der Waals surface area contributed by atoms with Crippen molar-refractivity contribution in [2.45, 2.75) is 6.42 Å². The zero-order valence-electron chi connectivity index (χ0n) is 9.71. The highest BCUT2D eigenvalue weighted by Crippen LogP contribution is 2.13. The summed E-state index contributed by atoms with van der Waals surface area (Å²) in [7, 11) is 0. The van der Waals surface area contributed by atoms with Crippen molar-refractivity contribution in [1.29, 1.82) is 0 Å². The molecule has 0 aliphatic rings. The Morgan fingerprint density at radius 2 is 1.95 bits per heavy atom. The largest absolute Gasteiger partial charge is 0.368 e. The molecule has 0 radical (unpaired) electrons. The van der Waals surface area contributed by atoms with Gasteiger partial charge in [-0.25, -0.2) is 13.8 Å². The number of anilines is 1. The molecule has 0 atom stereocenters. The second-order valence-corrected chi connectivity index (χ2v) is 4.23. The van der Waals surface area contributed by atoms with Gasteiger partial charge in [0.05, 0.1) is 6.33 Å². The van der Waals surface area contributed by atoms with Gasteiger partial charge in [-0.05, 0) is 24.1 Å². The van der Waals surface area contributed by atoms with Crippen molar-refractivity contribution in [3.8, 4) is 0 Å². The number of halogens is 3. The van der Waals surface area contributed by atoms with Gasteiger partial charge in [0.1, 0.15) is 16.7 Å². The van der Waals surface area contributed by atoms with Crippen LogP contribution in [0.25, 0.3) is 0 Å². The summed E-state index contributed by atoms with van der Waals surface area (Å²) in [6, 6.07) is 3.31. The maximum atomic E-state index is 13.0. The summed E-state index contributed by atoms with van der Waals surface area (Å²) < 4.78 is 25.9. The molecule has 100 valence electrons. The number of aromatic amines is 1. The molecule has 0 saturated heterocycles. The Bertz CT molecular complexity index is 625. The lowest BCUT2D eigenvalue weighted by molar-refractivity contribution is 0.580. The van der Waals surface area contributed by atoms with Crippen LogP contribution in [0.4, 0.5) is 14.6 Å². The summed E-state index contributed by atoms with van der Waals surface area (Å²) in [5, 5.41) is 2.78. The first kappa shape index (κ1) is 13.5. The predicted molar refractivity (Wildman–Crippen MR) is 68.4 cm³/mol. The lowest BCUT2D eigenvalue weighted by atomic mass is 10.1. The molecule has 0 amide bonds. The monoisotopic (exact) mass is 285 g/mol. The first-order valence-corrected chi connectivity index (χ1v) is 5.86. The Hall–Kier alpha value is -1.95. The van der Waals surface area contributed by atoms with Gasteiger partial charge in [0.25, 0.3) is 5.56 Å². The third kappa shape index (κ3) is 3.51. The average Bonchev–Trinajstić information content (AvgIpc) is 2.33. The van der Waals surface area contributed by atoms with Crippen molar-refractivity contribution >= 4 is 17.4 Å². The van der Waals surface area contributed by atoms with Gasteiger partial charge in [-0.2, -0.15) is 0 Å². The number of rotatable bonds is 4. The summed E-state index contributed by atoms with van der Waals surface area (Å²) in [4.78, 5) is 17.4. The fourth-order valence-corrected chi connectivity index (χ4v) is 1.76. The molecule has 1 aromatic carbocycles. The fraction of sp³-hybridized carbons (Fsp3) is 0.167. The van der Waals surface area contributed by atoms with Gasteiger partial charge in [-0.1, -0.05) is 11.6 Å². The number of nitrogens with one attached hydrogen (secondary N) is 2. The van der Waals surface area contributed by atoms with Gasteiger partial charge in [-0.15, -0.1) is 0 Å². The summed E-state index contributed by atoms with van der Waals surface area (Å²) in [5.74, 6) is -1.01. The van der Waals surface area contributed by atoms with Crippen LogP contribution in [0, 0.1) is 11.6 Å². The molecule has 1 heterocycles. The van der Waals surface area contributed by atoms with Crippen LogP contribution in [0.3, 0.4) is 0 Å². The second-order valence-electron chi connectivity index (χ2n) is 3.85. The fourth-order valence-electron chi connectivity index (χ4n) is 1.59. The van der Waals surface area contributed by atoms with E-state index < -0.39 is 17.2 Å². The van der Waals surface area contributed by atoms with Crippen molar-refractivity contribution in [2.24, 2.45) is 0 Å². The SMILES string of the molecule is O=c1[nH]cnc(NCCc2cc(F)cc(F)c2)c1Cl. The van der Waals surface area contributed by atoms with Gasteiger partial charge < -0.3 is 10.3 Å². The second kappa shape index (κ2) is 5.79. The van der Waals surface area contributed by atoms with Gasteiger partial charge >= 0.3 is 0 Å². The van der Waals surface area contributed by atoms with Crippen LogP contribution in [-0.4, -0.2) is 16.5 Å². The van der Waals surface area contributed by atoms with E-state index in [-0.39, 0.29) is 10.8 Å². The molecule has 0 spiro atoms. The first-order chi connectivity index (χ1) is 9.06. The van der Waals surface area contributed by atoms with Crippen LogP contribution in [-0.2, 0) is 6.42 Å². The summed E-state index contributed by atoms with van der Waals surface area (Å²) in [6.07, 6.45) is 1.60. The molecule has 0 saturated carbocycles. The molecule has 0 aliphatic heterocycles. The highest BCUT2D eigenvalue weighted by molar-refractivity contribution is 6.32. The van der Waals surface area contributed by atoms with E-state index in [1.54, 1.807) is 0 Å². The maximum Gasteiger partial charge on any atom is 0.271 e. The third-order valence-corrected chi connectivity index (χ3v) is 2.78. The number of H-pyrrole nitrogens is 1. The molecule has 2 rings (SSSR count). The first-order valence-electron chi connectivity index (χ1n) is 5.48. The highest BCUT2D eigenvalue weighted by Gasteiger charge is 2.05. The standard InChI is InChI=1S/C12H10ClF2N3O/c13-10-11(17-6-18-12(10)19)16-2-1-7-3-8(14)5-9(15)4-7/h3-6H,1-2H2,(H2,16,17,18,19). The van der Waals surface area contributed by atoms with Crippen molar-refractivity contribution in [2.75, 3.05) is 11.9 Å². The molecular formula is C12H10ClF2N3O. The molecule has 4 nitrogen and oxygen atoms in total. The minimum atomic E-state index is -0.623. The van der Waals surface area contributed by atoms with E-state index >= 15 is 0 Å². The number of aromatic nitrogens is 2. The minimum Gasteiger partial charge on any atom is -0.368 e. The Labute approximate surface area is 112 Å². The van der Waals surface area contributed by atoms with E-state index in [1.807, 2.05) is 0 Å². The van der Waals surface area contributed by atoms with Crippen molar-refractivity contribution in [3.05, 3.63) is 57.1 Å². The van der Waals surface area contributed by atoms with E-state index in [9.17, 15) is 13.6 Å². The van der Waals surface area contributed by atoms with E-state index in [0.717, 1.165) is 6.07 Å². The van der Waals surface area contributed by atoms with Crippen LogP contribution < -0.4 is 10.9 Å². The van der Waals surface area contributed by atoms with E-state index in [0.29, 0.717) is 18.5 Å².